The monoisotopic (exact) mass is 167 g/mol. The number of anilines is 1. The van der Waals surface area contributed by atoms with Gasteiger partial charge in [0.25, 0.3) is 0 Å². The van der Waals surface area contributed by atoms with E-state index in [1.807, 2.05) is 0 Å². The lowest BCUT2D eigenvalue weighted by Gasteiger charge is -2.00. The zero-order valence-electron chi connectivity index (χ0n) is 8.78. The van der Waals surface area contributed by atoms with Gasteiger partial charge in [0.1, 0.15) is 0 Å². The fourth-order valence-corrected chi connectivity index (χ4v) is 0.812. The van der Waals surface area contributed by atoms with Crippen molar-refractivity contribution >= 4 is 11.7 Å². The highest BCUT2D eigenvalue weighted by Gasteiger charge is 2.03. The van der Waals surface area contributed by atoms with Gasteiger partial charge in [-0.15, -0.1) is 0 Å². The van der Waals surface area contributed by atoms with Crippen molar-refractivity contribution in [3.8, 4) is 0 Å². The lowest BCUT2D eigenvalue weighted by atomic mass is 10.2. The first-order valence-corrected chi connectivity index (χ1v) is 3.70. The Morgan fingerprint density at radius 1 is 1.58 bits per heavy atom. The molecule has 0 unspecified atom stereocenters. The van der Waals surface area contributed by atoms with Crippen LogP contribution in [0.1, 0.15) is 17.3 Å². The second-order valence-corrected chi connectivity index (χ2v) is 2.27. The van der Waals surface area contributed by atoms with Gasteiger partial charge in [0.15, 0.2) is 2.82 Å². The molecule has 0 amide bonds. The Bertz CT molecular complexity index is 311. The maximum Gasteiger partial charge on any atom is 0.338 e. The number of hydrogen-bond donors (Lipinski definition) is 1. The zero-order chi connectivity index (χ0) is 10.6. The molecule has 0 saturated heterocycles. The van der Waals surface area contributed by atoms with Gasteiger partial charge in [-0.2, -0.15) is 0 Å². The van der Waals surface area contributed by atoms with Crippen LogP contribution < -0.4 is 5.72 Å². The first kappa shape index (κ1) is 6.06. The van der Waals surface area contributed by atoms with Gasteiger partial charge in [-0.1, -0.05) is 0 Å². The molecule has 0 saturated carbocycles. The summed E-state index contributed by atoms with van der Waals surface area (Å²) in [5.41, 5.74) is 1.31. The molecule has 3 heteroatoms. The standard InChI is InChI=1S/C9H11NO2/c1-2-12-9(11)7-3-5-8(10)6-4-7/h3-6H,2,10H2,1H3/i/hD2. The van der Waals surface area contributed by atoms with Crippen LogP contribution in [0.2, 0.25) is 2.82 Å². The molecule has 0 heterocycles. The van der Waals surface area contributed by atoms with Crippen LogP contribution in [-0.4, -0.2) is 12.6 Å². The van der Waals surface area contributed by atoms with Gasteiger partial charge < -0.3 is 10.5 Å². The molecule has 0 aromatic heterocycles. The minimum Gasteiger partial charge on any atom is -0.462 e. The fraction of sp³-hybridized carbons (Fsp3) is 0.222. The summed E-state index contributed by atoms with van der Waals surface area (Å²) < 4.78 is 18.7. The van der Waals surface area contributed by atoms with Gasteiger partial charge in [0, 0.05) is 5.69 Å². The highest BCUT2D eigenvalue weighted by molar-refractivity contribution is 5.89. The van der Waals surface area contributed by atoms with Crippen molar-refractivity contribution in [2.24, 2.45) is 0 Å². The first-order valence-electron chi connectivity index (χ1n) is 4.59. The fourth-order valence-electron chi connectivity index (χ4n) is 0.812. The van der Waals surface area contributed by atoms with Crippen molar-refractivity contribution in [1.29, 1.82) is 0 Å². The molecule has 0 bridgehead atoms. The van der Waals surface area contributed by atoms with Crippen LogP contribution in [0.5, 0.6) is 0 Å². The largest absolute Gasteiger partial charge is 0.462 e. The Balaban J connectivity index is 2.78. The summed E-state index contributed by atoms with van der Waals surface area (Å²) in [5.74, 6) is -0.388. The summed E-state index contributed by atoms with van der Waals surface area (Å²) in [5, 5.41) is 0. The van der Waals surface area contributed by atoms with Crippen LogP contribution in [0, 0.1) is 0 Å². The van der Waals surface area contributed by atoms with Gasteiger partial charge >= 0.3 is 5.97 Å². The molecule has 64 valence electrons. The molecule has 0 aliphatic rings. The average Bonchev–Trinajstić information content (AvgIpc) is 2.18. The van der Waals surface area contributed by atoms with E-state index in [2.05, 4.69) is 0 Å². The van der Waals surface area contributed by atoms with Crippen molar-refractivity contribution in [2.45, 2.75) is 6.92 Å². The Kier molecular flexibility index (Phi) is 1.90. The molecular weight excluding hydrogens is 154 g/mol. The summed E-state index contributed by atoms with van der Waals surface area (Å²) in [7, 11) is 0. The Hall–Kier alpha value is -1.51. The number of rotatable bonds is 3. The summed E-state index contributed by atoms with van der Waals surface area (Å²) in [4.78, 5) is 11.2. The maximum absolute atomic E-state index is 11.2. The molecular formula is C9H11NO2. The Morgan fingerprint density at radius 2 is 2.25 bits per heavy atom. The van der Waals surface area contributed by atoms with Crippen molar-refractivity contribution in [3.63, 3.8) is 0 Å². The van der Waals surface area contributed by atoms with E-state index in [1.54, 1.807) is 6.92 Å². The SMILES string of the molecule is [2H]N([2H])c1ccc(C(=O)OCC)cc1. The summed E-state index contributed by atoms with van der Waals surface area (Å²) in [6, 6.07) is 6.10. The van der Waals surface area contributed by atoms with E-state index >= 15 is 0 Å². The van der Waals surface area contributed by atoms with Gasteiger partial charge in [0.2, 0.25) is 0 Å². The van der Waals surface area contributed by atoms with E-state index in [-0.39, 0.29) is 5.97 Å². The molecule has 0 aliphatic carbocycles. The van der Waals surface area contributed by atoms with E-state index in [0.29, 0.717) is 23.6 Å². The molecule has 1 aromatic carbocycles. The average molecular weight is 167 g/mol. The minimum atomic E-state index is -0.388. The van der Waals surface area contributed by atoms with Crippen LogP contribution >= 0.6 is 0 Å². The molecule has 2 N–H and O–H groups in total. The molecule has 12 heavy (non-hydrogen) atoms. The number of hydrogen-bond acceptors (Lipinski definition) is 3. The number of esters is 1. The van der Waals surface area contributed by atoms with E-state index < -0.39 is 0 Å². The van der Waals surface area contributed by atoms with Gasteiger partial charge in [-0.25, -0.2) is 4.79 Å². The molecule has 3 nitrogen and oxygen atoms in total. The second kappa shape index (κ2) is 3.76. The lowest BCUT2D eigenvalue weighted by Crippen LogP contribution is -2.04. The molecule has 0 fully saturated rings. The third-order valence-corrected chi connectivity index (χ3v) is 1.38. The molecule has 0 radical (unpaired) electrons. The number of benzene rings is 1. The van der Waals surface area contributed by atoms with Crippen LogP contribution in [0.4, 0.5) is 5.69 Å². The molecule has 0 spiro atoms. The van der Waals surface area contributed by atoms with E-state index in [0.717, 1.165) is 0 Å². The quantitative estimate of drug-likeness (QED) is 0.547. The third-order valence-electron chi connectivity index (χ3n) is 1.38. The van der Waals surface area contributed by atoms with Gasteiger partial charge in [-0.3, -0.25) is 0 Å². The molecule has 1 rings (SSSR count). The second-order valence-electron chi connectivity index (χ2n) is 2.27. The topological polar surface area (TPSA) is 52.3 Å². The van der Waals surface area contributed by atoms with Crippen molar-refractivity contribution in [3.05, 3.63) is 29.8 Å². The number of carbonyl (C=O) groups excluding carboxylic acids is 1. The number of carbonyl (C=O) groups is 1. The first-order chi connectivity index (χ1) is 6.65. The molecule has 1 aromatic rings. The van der Waals surface area contributed by atoms with Crippen LogP contribution in [0.15, 0.2) is 24.3 Å². The highest BCUT2D eigenvalue weighted by Crippen LogP contribution is 2.06. The highest BCUT2D eigenvalue weighted by atomic mass is 16.5. The normalized spacial score (nSPS) is 11.4. The Labute approximate surface area is 74.1 Å². The number of nitrogens with two attached hydrogens (primary N) is 1. The van der Waals surface area contributed by atoms with Gasteiger partial charge in [-0.05, 0) is 31.2 Å². The number of nitrogen functional groups attached to an aromatic ring is 1. The summed E-state index contributed by atoms with van der Waals surface area (Å²) in [6.07, 6.45) is 0. The van der Waals surface area contributed by atoms with Crippen molar-refractivity contribution in [1.82, 2.24) is 0 Å². The smallest absolute Gasteiger partial charge is 0.338 e. The van der Waals surface area contributed by atoms with Crippen LogP contribution in [-0.2, 0) is 4.74 Å². The van der Waals surface area contributed by atoms with Crippen LogP contribution in [0.3, 0.4) is 0 Å². The third kappa shape index (κ3) is 1.99. The Morgan fingerprint density at radius 3 is 2.75 bits per heavy atom. The minimum absolute atomic E-state index is 0.337. The van der Waals surface area contributed by atoms with Crippen LogP contribution in [0.25, 0.3) is 0 Å². The lowest BCUT2D eigenvalue weighted by molar-refractivity contribution is 0.0526. The van der Waals surface area contributed by atoms with E-state index in [1.165, 1.54) is 24.3 Å². The molecule has 0 aliphatic heterocycles. The van der Waals surface area contributed by atoms with Crippen molar-refractivity contribution in [2.75, 3.05) is 12.3 Å². The van der Waals surface area contributed by atoms with E-state index in [9.17, 15) is 4.79 Å². The molecule has 0 atom stereocenters. The predicted molar refractivity (Wildman–Crippen MR) is 46.8 cm³/mol. The van der Waals surface area contributed by atoms with Crippen molar-refractivity contribution < 1.29 is 12.4 Å². The maximum atomic E-state index is 11.2. The summed E-state index contributed by atoms with van der Waals surface area (Å²) in [6.45, 7) is 2.07. The summed E-state index contributed by atoms with van der Waals surface area (Å²) >= 11 is 0. The zero-order valence-corrected chi connectivity index (χ0v) is 6.78. The predicted octanol–water partition coefficient (Wildman–Crippen LogP) is 1.45. The van der Waals surface area contributed by atoms with E-state index in [4.69, 9.17) is 7.56 Å². The number of ether oxygens (including phenoxy) is 1. The van der Waals surface area contributed by atoms with Gasteiger partial charge in [0.05, 0.1) is 12.2 Å².